The number of amides is 2. The van der Waals surface area contributed by atoms with Crippen molar-refractivity contribution in [3.63, 3.8) is 0 Å². The minimum atomic E-state index is -5.93. The third-order valence-electron chi connectivity index (χ3n) is 10.1. The van der Waals surface area contributed by atoms with Crippen molar-refractivity contribution in [2.24, 2.45) is 23.2 Å². The Bertz CT molecular complexity index is 1770. The van der Waals surface area contributed by atoms with E-state index in [0.29, 0.717) is 30.4 Å². The lowest BCUT2D eigenvalue weighted by Crippen LogP contribution is -2.57. The molecule has 2 amide bonds. The van der Waals surface area contributed by atoms with Crippen LogP contribution in [0.25, 0.3) is 11.0 Å². The van der Waals surface area contributed by atoms with Gasteiger partial charge in [0.25, 0.3) is 0 Å². The number of halogens is 3. The van der Waals surface area contributed by atoms with Crippen molar-refractivity contribution >= 4 is 39.1 Å². The molecule has 6 rings (SSSR count). The van der Waals surface area contributed by atoms with Gasteiger partial charge in [0.15, 0.2) is 0 Å². The summed E-state index contributed by atoms with van der Waals surface area (Å²) in [5.41, 5.74) is -5.66. The number of aromatic nitrogens is 2. The highest BCUT2D eigenvalue weighted by Crippen LogP contribution is 2.57. The first-order valence-electron chi connectivity index (χ1n) is 16.8. The summed E-state index contributed by atoms with van der Waals surface area (Å²) in [5, 5.41) is 2.79. The molecule has 17 heteroatoms. The molecular weight excluding hydrogens is 685 g/mol. The lowest BCUT2D eigenvalue weighted by Gasteiger charge is -2.35. The van der Waals surface area contributed by atoms with E-state index in [1.54, 1.807) is 20.8 Å². The van der Waals surface area contributed by atoms with Crippen LogP contribution in [0, 0.1) is 23.2 Å². The first-order chi connectivity index (χ1) is 23.4. The third kappa shape index (κ3) is 7.42. The zero-order valence-corrected chi connectivity index (χ0v) is 29.0. The summed E-state index contributed by atoms with van der Waals surface area (Å²) >= 11 is 0. The summed E-state index contributed by atoms with van der Waals surface area (Å²) in [6.45, 7) is 5.30. The predicted octanol–water partition coefficient (Wildman–Crippen LogP) is 4.66. The topological polar surface area (TPSA) is 163 Å². The Kier molecular flexibility index (Phi) is 9.58. The number of nitrogens with zero attached hydrogens (tertiary/aromatic N) is 3. The zero-order valence-electron chi connectivity index (χ0n) is 28.2. The van der Waals surface area contributed by atoms with Crippen LogP contribution in [0.3, 0.4) is 0 Å². The Hall–Kier alpha value is -3.89. The van der Waals surface area contributed by atoms with Crippen molar-refractivity contribution in [2.75, 3.05) is 13.7 Å². The highest BCUT2D eigenvalue weighted by molar-refractivity contribution is 7.88. The van der Waals surface area contributed by atoms with Crippen LogP contribution in [0.5, 0.6) is 11.6 Å². The first kappa shape index (κ1) is 35.9. The average molecular weight is 727 g/mol. The molecule has 50 heavy (non-hydrogen) atoms. The molecule has 0 spiro atoms. The van der Waals surface area contributed by atoms with Crippen LogP contribution in [-0.2, 0) is 35.6 Å². The van der Waals surface area contributed by atoms with E-state index >= 15 is 0 Å². The molecule has 4 aliphatic rings. The van der Waals surface area contributed by atoms with Gasteiger partial charge in [-0.25, -0.2) is 19.6 Å². The largest absolute Gasteiger partial charge is 0.534 e. The van der Waals surface area contributed by atoms with Crippen LogP contribution in [0.1, 0.15) is 71.4 Å². The molecule has 1 unspecified atom stereocenters. The van der Waals surface area contributed by atoms with E-state index in [1.807, 2.05) is 0 Å². The van der Waals surface area contributed by atoms with Gasteiger partial charge < -0.3 is 28.6 Å². The molecule has 1 saturated heterocycles. The molecule has 0 radical (unpaired) electrons. The number of alkyl carbamates (subject to hydrolysis) is 1. The molecule has 2 saturated carbocycles. The number of carbonyl (C=O) groups is 3. The summed E-state index contributed by atoms with van der Waals surface area (Å²) in [7, 11) is -4.73. The SMILES string of the molecule is COC(=O)[C@@H]1C[C@@H]2CN1C(=O)[C@H](C(C)(C)C)NC(=O)O[C@@H]1CC3C[C@@H]3[C@H]1CCCCCc1nc3ccc(OS(=O)(=O)C(F)(F)F)cc3nc1O2. The molecule has 3 fully saturated rings. The Morgan fingerprint density at radius 2 is 1.76 bits per heavy atom. The van der Waals surface area contributed by atoms with Crippen LogP contribution in [0.15, 0.2) is 18.2 Å². The lowest BCUT2D eigenvalue weighted by molar-refractivity contribution is -0.152. The second kappa shape index (κ2) is 13.3. The number of rotatable bonds is 3. The van der Waals surface area contributed by atoms with Gasteiger partial charge in [0.2, 0.25) is 11.8 Å². The zero-order chi connectivity index (χ0) is 36.2. The van der Waals surface area contributed by atoms with Gasteiger partial charge in [-0.3, -0.25) is 4.79 Å². The molecule has 13 nitrogen and oxygen atoms in total. The highest BCUT2D eigenvalue weighted by Gasteiger charge is 2.55. The summed E-state index contributed by atoms with van der Waals surface area (Å²) < 4.78 is 83.8. The maximum atomic E-state index is 14.2. The fourth-order valence-electron chi connectivity index (χ4n) is 7.49. The molecule has 2 aliphatic carbocycles. The molecule has 2 aromatic rings. The van der Waals surface area contributed by atoms with Crippen molar-refractivity contribution < 1.29 is 54.4 Å². The monoisotopic (exact) mass is 726 g/mol. The van der Waals surface area contributed by atoms with E-state index in [9.17, 15) is 36.0 Å². The number of aryl methyl sites for hydroxylation is 1. The van der Waals surface area contributed by atoms with Gasteiger partial charge in [-0.15, -0.1) is 0 Å². The Morgan fingerprint density at radius 3 is 2.46 bits per heavy atom. The fraction of sp³-hybridized carbons (Fsp3) is 0.667. The molecule has 2 aliphatic heterocycles. The summed E-state index contributed by atoms with van der Waals surface area (Å²) in [5.74, 6) is -0.545. The summed E-state index contributed by atoms with van der Waals surface area (Å²) in [6.07, 6.45) is 3.89. The maximum absolute atomic E-state index is 14.2. The quantitative estimate of drug-likeness (QED) is 0.266. The molecule has 1 aromatic carbocycles. The number of ether oxygens (including phenoxy) is 3. The van der Waals surface area contributed by atoms with Gasteiger partial charge in [0, 0.05) is 12.5 Å². The number of hydrogen-bond acceptors (Lipinski definition) is 11. The van der Waals surface area contributed by atoms with E-state index in [0.717, 1.165) is 44.2 Å². The highest BCUT2D eigenvalue weighted by atomic mass is 32.2. The van der Waals surface area contributed by atoms with Gasteiger partial charge in [0.1, 0.15) is 35.7 Å². The molecule has 274 valence electrons. The Balaban J connectivity index is 1.34. The number of fused-ring (bicyclic) bond motifs is 7. The van der Waals surface area contributed by atoms with Crippen molar-refractivity contribution in [3.8, 4) is 11.6 Å². The minimum Gasteiger partial charge on any atom is -0.471 e. The molecule has 7 atom stereocenters. The van der Waals surface area contributed by atoms with Crippen molar-refractivity contribution in [1.82, 2.24) is 20.2 Å². The van der Waals surface area contributed by atoms with Gasteiger partial charge in [-0.2, -0.15) is 21.6 Å². The summed E-state index contributed by atoms with van der Waals surface area (Å²) in [6, 6.07) is 1.27. The minimum absolute atomic E-state index is 0.0120. The third-order valence-corrected chi connectivity index (χ3v) is 11.1. The number of methoxy groups -OCH3 is 1. The van der Waals surface area contributed by atoms with Crippen LogP contribution in [0.2, 0.25) is 0 Å². The van der Waals surface area contributed by atoms with E-state index in [4.69, 9.17) is 14.2 Å². The van der Waals surface area contributed by atoms with Crippen LogP contribution >= 0.6 is 0 Å². The molecule has 2 bridgehead atoms. The van der Waals surface area contributed by atoms with Gasteiger partial charge >= 0.3 is 27.7 Å². The molecule has 3 heterocycles. The van der Waals surface area contributed by atoms with E-state index < -0.39 is 62.9 Å². The van der Waals surface area contributed by atoms with Crippen molar-refractivity contribution in [1.29, 1.82) is 0 Å². The van der Waals surface area contributed by atoms with Crippen molar-refractivity contribution in [2.45, 2.75) is 102 Å². The van der Waals surface area contributed by atoms with Gasteiger partial charge in [-0.1, -0.05) is 33.6 Å². The second-order valence-corrected chi connectivity index (χ2v) is 16.2. The number of carbonyl (C=O) groups excluding carboxylic acids is 3. The standard InChI is InChI=1S/C33H41F3N4O9S/c1-32(2,3)27-29(41)40-16-19(15-25(40)30(42)46-4)47-28-23(9-7-5-6-8-20-21-12-17(21)13-26(20)48-31(43)39-27)37-22-11-10-18(14-24(22)38-28)49-50(44,45)33(34,35)36/h10-11,14,17,19-21,25-27H,5-9,12-13,15-16H2,1-4H3,(H,39,43)/t17?,19-,20-,21+,25+,26-,27-/m1/s1. The van der Waals surface area contributed by atoms with E-state index in [2.05, 4.69) is 19.5 Å². The smallest absolute Gasteiger partial charge is 0.471 e. The van der Waals surface area contributed by atoms with Crippen LogP contribution in [0.4, 0.5) is 18.0 Å². The Labute approximate surface area is 287 Å². The van der Waals surface area contributed by atoms with E-state index in [-0.39, 0.29) is 41.9 Å². The lowest BCUT2D eigenvalue weighted by atomic mass is 9.85. The van der Waals surface area contributed by atoms with E-state index in [1.165, 1.54) is 18.1 Å². The number of benzene rings is 1. The van der Waals surface area contributed by atoms with Gasteiger partial charge in [0.05, 0.1) is 24.7 Å². The Morgan fingerprint density at radius 1 is 1.00 bits per heavy atom. The molecule has 1 N–H and O–H groups in total. The number of alkyl halides is 3. The second-order valence-electron chi connectivity index (χ2n) is 14.7. The van der Waals surface area contributed by atoms with Crippen LogP contribution < -0.4 is 14.2 Å². The summed E-state index contributed by atoms with van der Waals surface area (Å²) in [4.78, 5) is 50.9. The predicted molar refractivity (Wildman–Crippen MR) is 170 cm³/mol. The number of nitrogens with one attached hydrogen (secondary N) is 1. The molecular formula is C33H41F3N4O9S. The normalized spacial score (nSPS) is 29.3. The molecule has 1 aromatic heterocycles. The number of esters is 1. The average Bonchev–Trinajstić information content (AvgIpc) is 3.52. The number of hydrogen-bond donors (Lipinski definition) is 1. The van der Waals surface area contributed by atoms with Crippen LogP contribution in [-0.4, -0.2) is 84.7 Å². The van der Waals surface area contributed by atoms with Gasteiger partial charge in [-0.05, 0) is 67.4 Å². The van der Waals surface area contributed by atoms with Crippen molar-refractivity contribution in [3.05, 3.63) is 23.9 Å². The maximum Gasteiger partial charge on any atom is 0.534 e. The first-order valence-corrected chi connectivity index (χ1v) is 18.2. The fourth-order valence-corrected chi connectivity index (χ4v) is 7.94.